The van der Waals surface area contributed by atoms with Gasteiger partial charge in [0.2, 0.25) is 10.0 Å². The van der Waals surface area contributed by atoms with Crippen LogP contribution in [0.1, 0.15) is 5.69 Å². The first-order valence-corrected chi connectivity index (χ1v) is 7.80. The summed E-state index contributed by atoms with van der Waals surface area (Å²) >= 11 is 11.1. The van der Waals surface area contributed by atoms with Crippen molar-refractivity contribution in [2.75, 3.05) is 24.8 Å². The fourth-order valence-corrected chi connectivity index (χ4v) is 3.82. The van der Waals surface area contributed by atoms with E-state index >= 15 is 0 Å². The predicted molar refractivity (Wildman–Crippen MR) is 72.6 cm³/mol. The van der Waals surface area contributed by atoms with Gasteiger partial charge in [-0.15, -0.1) is 23.2 Å². The maximum absolute atomic E-state index is 12.3. The molecule has 0 aliphatic heterocycles. The predicted octanol–water partition coefficient (Wildman–Crippen LogP) is -0.160. The van der Waals surface area contributed by atoms with Crippen LogP contribution in [0.4, 0.5) is 0 Å². The van der Waals surface area contributed by atoms with Crippen molar-refractivity contribution in [3.8, 4) is 0 Å². The summed E-state index contributed by atoms with van der Waals surface area (Å²) in [5, 5.41) is 0. The highest BCUT2D eigenvalue weighted by Gasteiger charge is 2.28. The van der Waals surface area contributed by atoms with Crippen molar-refractivity contribution in [3.05, 3.63) is 26.5 Å². The van der Waals surface area contributed by atoms with Gasteiger partial charge in [-0.25, -0.2) is 13.2 Å². The molecule has 2 N–H and O–H groups in total. The Bertz CT molecular complexity index is 646. The highest BCUT2D eigenvalue weighted by atomic mass is 35.5. The van der Waals surface area contributed by atoms with Crippen LogP contribution in [0.5, 0.6) is 0 Å². The highest BCUT2D eigenvalue weighted by molar-refractivity contribution is 7.89. The topological polar surface area (TPSA) is 103 Å². The van der Waals surface area contributed by atoms with E-state index in [1.165, 1.54) is 6.92 Å². The van der Waals surface area contributed by atoms with Gasteiger partial charge in [0.1, 0.15) is 0 Å². The van der Waals surface area contributed by atoms with Gasteiger partial charge in [-0.3, -0.25) is 9.78 Å². The van der Waals surface area contributed by atoms with E-state index in [9.17, 15) is 18.0 Å². The third-order valence-electron chi connectivity index (χ3n) is 2.34. The van der Waals surface area contributed by atoms with Crippen LogP contribution in [0.2, 0.25) is 0 Å². The van der Waals surface area contributed by atoms with E-state index in [1.807, 2.05) is 4.98 Å². The van der Waals surface area contributed by atoms with E-state index in [2.05, 4.69) is 4.98 Å². The zero-order valence-electron chi connectivity index (χ0n) is 10.1. The molecule has 10 heteroatoms. The Balaban J connectivity index is 3.41. The van der Waals surface area contributed by atoms with Crippen molar-refractivity contribution in [2.24, 2.45) is 0 Å². The molecule has 0 amide bonds. The van der Waals surface area contributed by atoms with E-state index in [0.717, 1.165) is 4.31 Å². The molecule has 1 rings (SSSR count). The van der Waals surface area contributed by atoms with Gasteiger partial charge in [0.05, 0.1) is 0 Å². The van der Waals surface area contributed by atoms with E-state index in [0.29, 0.717) is 0 Å². The first-order chi connectivity index (χ1) is 8.84. The molecule has 0 bridgehead atoms. The highest BCUT2D eigenvalue weighted by Crippen LogP contribution is 2.13. The fourth-order valence-electron chi connectivity index (χ4n) is 1.57. The van der Waals surface area contributed by atoms with Crippen LogP contribution in [0.3, 0.4) is 0 Å². The molecular formula is C9H13Cl2N3O4S. The summed E-state index contributed by atoms with van der Waals surface area (Å²) in [6.07, 6.45) is 0. The van der Waals surface area contributed by atoms with Crippen molar-refractivity contribution in [2.45, 2.75) is 11.8 Å². The van der Waals surface area contributed by atoms with Crippen LogP contribution in [0.25, 0.3) is 0 Å². The summed E-state index contributed by atoms with van der Waals surface area (Å²) in [5.41, 5.74) is -1.75. The minimum Gasteiger partial charge on any atom is -0.310 e. The Morgan fingerprint density at radius 1 is 1.11 bits per heavy atom. The zero-order chi connectivity index (χ0) is 14.6. The van der Waals surface area contributed by atoms with Crippen molar-refractivity contribution in [1.82, 2.24) is 14.3 Å². The average Bonchev–Trinajstić information content (AvgIpc) is 2.26. The van der Waals surface area contributed by atoms with Crippen LogP contribution in [-0.4, -0.2) is 47.5 Å². The number of rotatable bonds is 6. The smallest absolute Gasteiger partial charge is 0.310 e. The molecule has 0 aromatic carbocycles. The number of nitrogens with one attached hydrogen (secondary N) is 2. The number of H-pyrrole nitrogens is 2. The first-order valence-electron chi connectivity index (χ1n) is 5.30. The summed E-state index contributed by atoms with van der Waals surface area (Å²) in [7, 11) is -4.05. The van der Waals surface area contributed by atoms with Gasteiger partial charge in [-0.2, -0.15) is 4.31 Å². The Labute approximate surface area is 119 Å². The van der Waals surface area contributed by atoms with E-state index < -0.39 is 26.2 Å². The Kier molecular flexibility index (Phi) is 5.60. The average molecular weight is 330 g/mol. The second kappa shape index (κ2) is 6.56. The Hall–Kier alpha value is -0.830. The van der Waals surface area contributed by atoms with Gasteiger partial charge in [-0.05, 0) is 6.92 Å². The van der Waals surface area contributed by atoms with Gasteiger partial charge in [0.25, 0.3) is 5.56 Å². The summed E-state index contributed by atoms with van der Waals surface area (Å²) in [5.74, 6) is 0.132. The minimum atomic E-state index is -4.05. The number of alkyl halides is 2. The summed E-state index contributed by atoms with van der Waals surface area (Å²) in [6, 6.07) is 0. The largest absolute Gasteiger partial charge is 0.325 e. The maximum atomic E-state index is 12.3. The first kappa shape index (κ1) is 16.2. The summed E-state index contributed by atoms with van der Waals surface area (Å²) in [4.78, 5) is 26.4. The molecule has 1 aromatic rings. The van der Waals surface area contributed by atoms with E-state index in [-0.39, 0.29) is 30.5 Å². The van der Waals surface area contributed by atoms with Crippen LogP contribution < -0.4 is 11.2 Å². The van der Waals surface area contributed by atoms with Crippen molar-refractivity contribution >= 4 is 33.2 Å². The molecular weight excluding hydrogens is 317 g/mol. The van der Waals surface area contributed by atoms with Gasteiger partial charge >= 0.3 is 5.69 Å². The molecule has 7 nitrogen and oxygen atoms in total. The van der Waals surface area contributed by atoms with Gasteiger partial charge in [0, 0.05) is 30.5 Å². The second-order valence-electron chi connectivity index (χ2n) is 3.64. The van der Waals surface area contributed by atoms with Crippen LogP contribution in [0, 0.1) is 6.92 Å². The molecule has 0 atom stereocenters. The molecule has 0 unspecified atom stereocenters. The lowest BCUT2D eigenvalue weighted by atomic mass is 10.4. The standard InChI is InChI=1S/C9H13Cl2N3O4S/c1-6-7(8(15)13-9(16)12-6)19(17,18)14(4-2-10)5-3-11/h2-5H2,1H3,(H2,12,13,15,16). The molecule has 0 saturated carbocycles. The van der Waals surface area contributed by atoms with Crippen molar-refractivity contribution in [3.63, 3.8) is 0 Å². The molecule has 1 heterocycles. The Morgan fingerprint density at radius 3 is 2.05 bits per heavy atom. The lowest BCUT2D eigenvalue weighted by molar-refractivity contribution is 0.446. The van der Waals surface area contributed by atoms with Crippen LogP contribution in [-0.2, 0) is 10.0 Å². The quantitative estimate of drug-likeness (QED) is 0.708. The molecule has 0 spiro atoms. The fraction of sp³-hybridized carbons (Fsp3) is 0.556. The maximum Gasteiger partial charge on any atom is 0.325 e. The van der Waals surface area contributed by atoms with Crippen LogP contribution >= 0.6 is 23.2 Å². The minimum absolute atomic E-state index is 0.0224. The lowest BCUT2D eigenvalue weighted by Gasteiger charge is -2.20. The van der Waals surface area contributed by atoms with Crippen LogP contribution in [0.15, 0.2) is 14.5 Å². The van der Waals surface area contributed by atoms with Gasteiger partial charge in [-0.1, -0.05) is 0 Å². The van der Waals surface area contributed by atoms with Crippen molar-refractivity contribution in [1.29, 1.82) is 0 Å². The number of halogens is 2. The summed E-state index contributed by atoms with van der Waals surface area (Å²) < 4.78 is 25.7. The molecule has 0 aliphatic rings. The molecule has 19 heavy (non-hydrogen) atoms. The molecule has 0 aliphatic carbocycles. The Morgan fingerprint density at radius 2 is 1.63 bits per heavy atom. The molecule has 0 saturated heterocycles. The number of sulfonamides is 1. The normalized spacial score (nSPS) is 12.0. The molecule has 0 fully saturated rings. The van der Waals surface area contributed by atoms with Crippen molar-refractivity contribution < 1.29 is 8.42 Å². The van der Waals surface area contributed by atoms with Gasteiger partial charge in [0.15, 0.2) is 4.90 Å². The SMILES string of the molecule is Cc1[nH]c(=O)[nH]c(=O)c1S(=O)(=O)N(CCCl)CCCl. The third-order valence-corrected chi connectivity index (χ3v) is 4.73. The van der Waals surface area contributed by atoms with E-state index in [4.69, 9.17) is 23.2 Å². The number of aromatic amines is 2. The summed E-state index contributed by atoms with van der Waals surface area (Å²) in [6.45, 7) is 1.38. The number of aryl methyl sites for hydroxylation is 1. The zero-order valence-corrected chi connectivity index (χ0v) is 12.4. The van der Waals surface area contributed by atoms with E-state index in [1.54, 1.807) is 0 Å². The lowest BCUT2D eigenvalue weighted by Crippen LogP contribution is -2.39. The molecule has 1 aromatic heterocycles. The third kappa shape index (κ3) is 3.59. The number of hydrogen-bond acceptors (Lipinski definition) is 4. The number of aromatic nitrogens is 2. The second-order valence-corrected chi connectivity index (χ2v) is 6.28. The number of nitrogens with zero attached hydrogens (tertiary/aromatic N) is 1. The molecule has 0 radical (unpaired) electrons. The number of hydrogen-bond donors (Lipinski definition) is 2. The van der Waals surface area contributed by atoms with Gasteiger partial charge < -0.3 is 4.98 Å². The monoisotopic (exact) mass is 329 g/mol. The molecule has 108 valence electrons.